The maximum atomic E-state index is 12.9. The molecule has 1 amide bonds. The second kappa shape index (κ2) is 5.24. The van der Waals surface area contributed by atoms with E-state index >= 15 is 0 Å². The van der Waals surface area contributed by atoms with Gasteiger partial charge in [0.05, 0.1) is 11.8 Å². The largest absolute Gasteiger partial charge is 0.361 e. The number of nitrogens with zero attached hydrogens (tertiary/aromatic N) is 3. The van der Waals surface area contributed by atoms with Gasteiger partial charge >= 0.3 is 0 Å². The zero-order valence-corrected chi connectivity index (χ0v) is 14.0. The Balaban J connectivity index is 1.40. The predicted molar refractivity (Wildman–Crippen MR) is 96.6 cm³/mol. The van der Waals surface area contributed by atoms with E-state index in [1.165, 1.54) is 10.9 Å². The first kappa shape index (κ1) is 14.3. The summed E-state index contributed by atoms with van der Waals surface area (Å²) in [6.07, 6.45) is 4.83. The Bertz CT molecular complexity index is 1090. The molecule has 25 heavy (non-hydrogen) atoms. The third-order valence-electron chi connectivity index (χ3n) is 5.28. The first-order chi connectivity index (χ1) is 12.2. The molecule has 0 spiro atoms. The molecule has 2 N–H and O–H groups in total. The summed E-state index contributed by atoms with van der Waals surface area (Å²) in [7, 11) is 1.93. The number of hydrogen-bond acceptors (Lipinski definition) is 2. The van der Waals surface area contributed by atoms with Gasteiger partial charge in [0.1, 0.15) is 5.69 Å². The number of likely N-dealkylation sites (tertiary alicyclic amines) is 1. The third-order valence-corrected chi connectivity index (χ3v) is 5.28. The minimum absolute atomic E-state index is 0.0559. The number of aromatic nitrogens is 4. The molecule has 5 rings (SSSR count). The maximum Gasteiger partial charge on any atom is 0.270 e. The molecule has 4 heterocycles. The molecule has 0 radical (unpaired) electrons. The summed E-state index contributed by atoms with van der Waals surface area (Å²) < 4.78 is 1.92. The van der Waals surface area contributed by atoms with Crippen LogP contribution < -0.4 is 0 Å². The molecule has 1 aliphatic rings. The third kappa shape index (κ3) is 2.17. The molecule has 1 atom stereocenters. The second-order valence-corrected chi connectivity index (χ2v) is 6.80. The average Bonchev–Trinajstić information content (AvgIpc) is 3.39. The summed E-state index contributed by atoms with van der Waals surface area (Å²) in [5, 5.41) is 1.26. The molecule has 3 aromatic heterocycles. The van der Waals surface area contributed by atoms with E-state index in [4.69, 9.17) is 0 Å². The Morgan fingerprint density at radius 2 is 2.20 bits per heavy atom. The van der Waals surface area contributed by atoms with Crippen LogP contribution in [-0.4, -0.2) is 43.4 Å². The lowest BCUT2D eigenvalue weighted by molar-refractivity contribution is 0.0786. The van der Waals surface area contributed by atoms with Crippen molar-refractivity contribution in [2.75, 3.05) is 13.1 Å². The van der Waals surface area contributed by atoms with Crippen molar-refractivity contribution in [3.8, 4) is 0 Å². The van der Waals surface area contributed by atoms with Crippen LogP contribution in [0.5, 0.6) is 0 Å². The van der Waals surface area contributed by atoms with Crippen LogP contribution in [0.25, 0.3) is 22.1 Å². The number of carbonyl (C=O) groups excluding carboxylic acids is 1. The monoisotopic (exact) mass is 333 g/mol. The van der Waals surface area contributed by atoms with Crippen molar-refractivity contribution < 1.29 is 4.79 Å². The van der Waals surface area contributed by atoms with Crippen molar-refractivity contribution in [3.05, 3.63) is 54.1 Å². The van der Waals surface area contributed by atoms with Gasteiger partial charge in [-0.1, -0.05) is 18.2 Å². The number of hydrogen-bond donors (Lipinski definition) is 2. The molecule has 1 fully saturated rings. The van der Waals surface area contributed by atoms with Crippen LogP contribution in [0.2, 0.25) is 0 Å². The lowest BCUT2D eigenvalue weighted by Gasteiger charge is -2.15. The zero-order valence-electron chi connectivity index (χ0n) is 14.0. The van der Waals surface area contributed by atoms with Gasteiger partial charge in [-0.3, -0.25) is 4.79 Å². The van der Waals surface area contributed by atoms with Gasteiger partial charge in [-0.25, -0.2) is 4.98 Å². The van der Waals surface area contributed by atoms with Crippen LogP contribution in [0.15, 0.2) is 42.9 Å². The van der Waals surface area contributed by atoms with Gasteiger partial charge in [0.25, 0.3) is 5.91 Å². The molecule has 126 valence electrons. The molecule has 1 aromatic carbocycles. The van der Waals surface area contributed by atoms with Gasteiger partial charge < -0.3 is 19.4 Å². The molecule has 1 saturated heterocycles. The Labute approximate surface area is 144 Å². The Morgan fingerprint density at radius 1 is 1.32 bits per heavy atom. The second-order valence-electron chi connectivity index (χ2n) is 6.80. The van der Waals surface area contributed by atoms with E-state index in [-0.39, 0.29) is 5.91 Å². The standard InChI is InChI=1S/C19H19N5O/c1-23-11-21-18-17(23)8-16(22-18)19(25)24-7-6-12(10-24)14-9-20-15-5-3-2-4-13(14)15/h2-5,8-9,11-12,20,22H,6-7,10H2,1H3/t12-/m0/s1. The van der Waals surface area contributed by atoms with Crippen molar-refractivity contribution in [2.45, 2.75) is 12.3 Å². The normalized spacial score (nSPS) is 17.8. The fourth-order valence-electron chi connectivity index (χ4n) is 3.92. The van der Waals surface area contributed by atoms with E-state index in [0.29, 0.717) is 11.6 Å². The minimum Gasteiger partial charge on any atom is -0.361 e. The number of nitrogens with one attached hydrogen (secondary N) is 2. The fraction of sp³-hybridized carbons (Fsp3) is 0.263. The van der Waals surface area contributed by atoms with Crippen LogP contribution in [0, 0.1) is 0 Å². The Hall–Kier alpha value is -3.02. The number of aryl methyl sites for hydroxylation is 1. The van der Waals surface area contributed by atoms with Crippen molar-refractivity contribution in [3.63, 3.8) is 0 Å². The van der Waals surface area contributed by atoms with Crippen LogP contribution in [0.1, 0.15) is 28.4 Å². The molecular formula is C19H19N5O. The number of para-hydroxylation sites is 1. The number of amides is 1. The highest BCUT2D eigenvalue weighted by atomic mass is 16.2. The van der Waals surface area contributed by atoms with E-state index in [1.807, 2.05) is 28.6 Å². The molecule has 4 aromatic rings. The number of fused-ring (bicyclic) bond motifs is 2. The first-order valence-electron chi connectivity index (χ1n) is 8.56. The topological polar surface area (TPSA) is 69.7 Å². The highest BCUT2D eigenvalue weighted by molar-refractivity contribution is 5.97. The molecule has 0 saturated carbocycles. The number of rotatable bonds is 2. The highest BCUT2D eigenvalue weighted by Gasteiger charge is 2.30. The van der Waals surface area contributed by atoms with Crippen LogP contribution in [0.4, 0.5) is 0 Å². The SMILES string of the molecule is Cn1cnc2[nH]c(C(=O)N3CC[C@H](c4c[nH]c5ccccc45)C3)cc21. The highest BCUT2D eigenvalue weighted by Crippen LogP contribution is 2.33. The number of carbonyl (C=O) groups is 1. The summed E-state index contributed by atoms with van der Waals surface area (Å²) in [5.41, 5.74) is 4.80. The fourth-order valence-corrected chi connectivity index (χ4v) is 3.92. The molecule has 1 aliphatic heterocycles. The molecule has 0 unspecified atom stereocenters. The van der Waals surface area contributed by atoms with Gasteiger partial charge in [-0.2, -0.15) is 0 Å². The lowest BCUT2D eigenvalue weighted by Crippen LogP contribution is -2.28. The molecule has 0 aliphatic carbocycles. The van der Waals surface area contributed by atoms with E-state index in [1.54, 1.807) is 6.33 Å². The molecule has 6 nitrogen and oxygen atoms in total. The van der Waals surface area contributed by atoms with E-state index in [9.17, 15) is 4.79 Å². The quantitative estimate of drug-likeness (QED) is 0.592. The summed E-state index contributed by atoms with van der Waals surface area (Å²) in [6.45, 7) is 1.54. The van der Waals surface area contributed by atoms with Gasteiger partial charge in [-0.15, -0.1) is 0 Å². The Kier molecular flexibility index (Phi) is 3.00. The van der Waals surface area contributed by atoms with E-state index in [2.05, 4.69) is 39.3 Å². The van der Waals surface area contributed by atoms with E-state index in [0.717, 1.165) is 36.2 Å². The van der Waals surface area contributed by atoms with Gasteiger partial charge in [0.15, 0.2) is 5.65 Å². The number of aromatic amines is 2. The van der Waals surface area contributed by atoms with Gasteiger partial charge in [-0.05, 0) is 24.1 Å². The van der Waals surface area contributed by atoms with Gasteiger partial charge in [0, 0.05) is 43.2 Å². The minimum atomic E-state index is 0.0559. The molecule has 6 heteroatoms. The zero-order chi connectivity index (χ0) is 17.0. The summed E-state index contributed by atoms with van der Waals surface area (Å²) in [5.74, 6) is 0.433. The molecule has 0 bridgehead atoms. The van der Waals surface area contributed by atoms with Crippen molar-refractivity contribution in [2.24, 2.45) is 7.05 Å². The van der Waals surface area contributed by atoms with Crippen molar-refractivity contribution in [1.82, 2.24) is 24.4 Å². The summed E-state index contributed by atoms with van der Waals surface area (Å²) in [6, 6.07) is 10.2. The number of H-pyrrole nitrogens is 2. The summed E-state index contributed by atoms with van der Waals surface area (Å²) in [4.78, 5) is 25.5. The van der Waals surface area contributed by atoms with E-state index < -0.39 is 0 Å². The number of imidazole rings is 1. The lowest BCUT2D eigenvalue weighted by atomic mass is 9.98. The van der Waals surface area contributed by atoms with Crippen molar-refractivity contribution >= 4 is 28.0 Å². The van der Waals surface area contributed by atoms with Crippen LogP contribution in [-0.2, 0) is 7.05 Å². The molecular weight excluding hydrogens is 314 g/mol. The summed E-state index contributed by atoms with van der Waals surface area (Å²) >= 11 is 0. The first-order valence-corrected chi connectivity index (χ1v) is 8.56. The maximum absolute atomic E-state index is 12.9. The smallest absolute Gasteiger partial charge is 0.270 e. The van der Waals surface area contributed by atoms with Crippen molar-refractivity contribution in [1.29, 1.82) is 0 Å². The number of benzene rings is 1. The van der Waals surface area contributed by atoms with Crippen LogP contribution in [0.3, 0.4) is 0 Å². The van der Waals surface area contributed by atoms with Gasteiger partial charge in [0.2, 0.25) is 0 Å². The average molecular weight is 333 g/mol. The predicted octanol–water partition coefficient (Wildman–Crippen LogP) is 3.01. The van der Waals surface area contributed by atoms with Crippen LogP contribution >= 0.6 is 0 Å². The Morgan fingerprint density at radius 3 is 3.08 bits per heavy atom.